The molecule has 0 saturated heterocycles. The second-order valence-electron chi connectivity index (χ2n) is 3.33. The number of rotatable bonds is 5. The van der Waals surface area contributed by atoms with Gasteiger partial charge in [-0.1, -0.05) is 6.07 Å². The van der Waals surface area contributed by atoms with Crippen LogP contribution in [0.25, 0.3) is 0 Å². The SMILES string of the molecule is Nc1cccc(C(F)(F)CCCCO)n1. The number of nitrogens with zero attached hydrogens (tertiary/aromatic N) is 1. The molecule has 15 heavy (non-hydrogen) atoms. The zero-order chi connectivity index (χ0) is 11.3. The molecule has 1 aromatic heterocycles. The van der Waals surface area contributed by atoms with E-state index in [4.69, 9.17) is 10.8 Å². The van der Waals surface area contributed by atoms with E-state index in [0.717, 1.165) is 0 Å². The molecule has 0 unspecified atom stereocenters. The summed E-state index contributed by atoms with van der Waals surface area (Å²) >= 11 is 0. The maximum atomic E-state index is 13.5. The normalized spacial score (nSPS) is 11.7. The summed E-state index contributed by atoms with van der Waals surface area (Å²) in [5, 5.41) is 8.50. The van der Waals surface area contributed by atoms with Crippen LogP contribution >= 0.6 is 0 Å². The van der Waals surface area contributed by atoms with Crippen molar-refractivity contribution in [1.29, 1.82) is 0 Å². The highest BCUT2D eigenvalue weighted by Crippen LogP contribution is 2.32. The van der Waals surface area contributed by atoms with Crippen molar-refractivity contribution in [1.82, 2.24) is 4.98 Å². The van der Waals surface area contributed by atoms with Crippen molar-refractivity contribution in [2.24, 2.45) is 0 Å². The number of alkyl halides is 2. The number of pyridine rings is 1. The van der Waals surface area contributed by atoms with E-state index in [1.807, 2.05) is 0 Å². The minimum atomic E-state index is -2.97. The third kappa shape index (κ3) is 3.43. The Bertz CT molecular complexity index is 318. The maximum Gasteiger partial charge on any atom is 0.289 e. The van der Waals surface area contributed by atoms with E-state index in [0.29, 0.717) is 6.42 Å². The first kappa shape index (κ1) is 11.8. The van der Waals surface area contributed by atoms with E-state index in [1.165, 1.54) is 18.2 Å². The fourth-order valence-electron chi connectivity index (χ4n) is 1.24. The summed E-state index contributed by atoms with van der Waals surface area (Å²) in [5.74, 6) is -2.88. The Morgan fingerprint density at radius 2 is 2.07 bits per heavy atom. The third-order valence-corrected chi connectivity index (χ3v) is 2.04. The van der Waals surface area contributed by atoms with Crippen LogP contribution in [0.3, 0.4) is 0 Å². The van der Waals surface area contributed by atoms with Crippen molar-refractivity contribution in [2.45, 2.75) is 25.2 Å². The number of anilines is 1. The van der Waals surface area contributed by atoms with Crippen molar-refractivity contribution in [2.75, 3.05) is 12.3 Å². The molecule has 0 aliphatic carbocycles. The third-order valence-electron chi connectivity index (χ3n) is 2.04. The zero-order valence-corrected chi connectivity index (χ0v) is 8.29. The molecule has 0 radical (unpaired) electrons. The Hall–Kier alpha value is -1.23. The molecule has 0 bridgehead atoms. The van der Waals surface area contributed by atoms with E-state index in [2.05, 4.69) is 4.98 Å². The summed E-state index contributed by atoms with van der Waals surface area (Å²) < 4.78 is 26.9. The first-order valence-electron chi connectivity index (χ1n) is 4.78. The van der Waals surface area contributed by atoms with Gasteiger partial charge in [0.15, 0.2) is 0 Å². The van der Waals surface area contributed by atoms with E-state index in [9.17, 15) is 8.78 Å². The summed E-state index contributed by atoms with van der Waals surface area (Å²) in [6.07, 6.45) is 0.321. The molecular formula is C10H14F2N2O. The number of hydrogen-bond acceptors (Lipinski definition) is 3. The number of aliphatic hydroxyl groups is 1. The second-order valence-corrected chi connectivity index (χ2v) is 3.33. The molecular weight excluding hydrogens is 202 g/mol. The highest BCUT2D eigenvalue weighted by molar-refractivity contribution is 5.30. The van der Waals surface area contributed by atoms with Gasteiger partial charge in [-0.2, -0.15) is 8.78 Å². The first-order valence-corrected chi connectivity index (χ1v) is 4.78. The maximum absolute atomic E-state index is 13.5. The molecule has 0 fully saturated rings. The lowest BCUT2D eigenvalue weighted by Crippen LogP contribution is -2.16. The van der Waals surface area contributed by atoms with Gasteiger partial charge in [-0.15, -0.1) is 0 Å². The molecule has 1 aromatic rings. The van der Waals surface area contributed by atoms with Gasteiger partial charge in [-0.25, -0.2) is 4.98 Å². The molecule has 1 rings (SSSR count). The average molecular weight is 216 g/mol. The molecule has 3 N–H and O–H groups in total. The lowest BCUT2D eigenvalue weighted by atomic mass is 10.1. The van der Waals surface area contributed by atoms with Crippen LogP contribution in [0.2, 0.25) is 0 Å². The van der Waals surface area contributed by atoms with Crippen LogP contribution in [-0.4, -0.2) is 16.7 Å². The Kier molecular flexibility index (Phi) is 3.96. The number of halogens is 2. The quantitative estimate of drug-likeness (QED) is 0.739. The van der Waals surface area contributed by atoms with Crippen molar-refractivity contribution < 1.29 is 13.9 Å². The molecule has 3 nitrogen and oxygen atoms in total. The Labute approximate surface area is 86.9 Å². The van der Waals surface area contributed by atoms with Gasteiger partial charge in [0.2, 0.25) is 0 Å². The van der Waals surface area contributed by atoms with E-state index >= 15 is 0 Å². The molecule has 84 valence electrons. The van der Waals surface area contributed by atoms with Gasteiger partial charge >= 0.3 is 0 Å². The van der Waals surface area contributed by atoms with Gasteiger partial charge in [0, 0.05) is 13.0 Å². The van der Waals surface area contributed by atoms with E-state index in [1.54, 1.807) is 0 Å². The Morgan fingerprint density at radius 3 is 2.67 bits per heavy atom. The summed E-state index contributed by atoms with van der Waals surface area (Å²) in [4.78, 5) is 3.59. The fourth-order valence-corrected chi connectivity index (χ4v) is 1.24. The molecule has 0 atom stereocenters. The van der Waals surface area contributed by atoms with Crippen LogP contribution in [0.4, 0.5) is 14.6 Å². The van der Waals surface area contributed by atoms with Gasteiger partial charge in [-0.05, 0) is 25.0 Å². The lowest BCUT2D eigenvalue weighted by Gasteiger charge is -2.15. The summed E-state index contributed by atoms with van der Waals surface area (Å²) in [6.45, 7) is -0.0690. The lowest BCUT2D eigenvalue weighted by molar-refractivity contribution is -0.0207. The largest absolute Gasteiger partial charge is 0.396 e. The van der Waals surface area contributed by atoms with Crippen LogP contribution in [0.15, 0.2) is 18.2 Å². The minimum absolute atomic E-state index is 0.0690. The number of nitrogens with two attached hydrogens (primary N) is 1. The van der Waals surface area contributed by atoms with Crippen LogP contribution in [0.1, 0.15) is 25.0 Å². The monoisotopic (exact) mass is 216 g/mol. The van der Waals surface area contributed by atoms with E-state index in [-0.39, 0.29) is 31.0 Å². The standard InChI is InChI=1S/C10H14F2N2O/c11-10(12,6-1-2-7-15)8-4-3-5-9(13)14-8/h3-5,15H,1-2,6-7H2,(H2,13,14). The molecule has 0 amide bonds. The van der Waals surface area contributed by atoms with E-state index < -0.39 is 5.92 Å². The molecule has 0 aromatic carbocycles. The summed E-state index contributed by atoms with van der Waals surface area (Å²) in [7, 11) is 0. The topological polar surface area (TPSA) is 59.1 Å². The molecule has 5 heteroatoms. The fraction of sp³-hybridized carbons (Fsp3) is 0.500. The van der Waals surface area contributed by atoms with Crippen molar-refractivity contribution in [3.63, 3.8) is 0 Å². The first-order chi connectivity index (χ1) is 7.06. The predicted molar refractivity (Wildman–Crippen MR) is 53.5 cm³/mol. The number of hydrogen-bond donors (Lipinski definition) is 2. The smallest absolute Gasteiger partial charge is 0.289 e. The Morgan fingerprint density at radius 1 is 1.33 bits per heavy atom. The molecule has 0 saturated carbocycles. The number of nitrogen functional groups attached to an aromatic ring is 1. The summed E-state index contributed by atoms with van der Waals surface area (Å²) in [6, 6.07) is 4.18. The average Bonchev–Trinajstić information content (AvgIpc) is 2.18. The van der Waals surface area contributed by atoms with Gasteiger partial charge in [-0.3, -0.25) is 0 Å². The van der Waals surface area contributed by atoms with Crippen LogP contribution in [0.5, 0.6) is 0 Å². The minimum Gasteiger partial charge on any atom is -0.396 e. The molecule has 0 aliphatic heterocycles. The highest BCUT2D eigenvalue weighted by Gasteiger charge is 2.32. The Balaban J connectivity index is 2.67. The molecule has 0 aliphatic rings. The van der Waals surface area contributed by atoms with Gasteiger partial charge < -0.3 is 10.8 Å². The van der Waals surface area contributed by atoms with Crippen LogP contribution in [0, 0.1) is 0 Å². The number of aliphatic hydroxyl groups excluding tert-OH is 1. The van der Waals surface area contributed by atoms with Gasteiger partial charge in [0.05, 0.1) is 0 Å². The highest BCUT2D eigenvalue weighted by atomic mass is 19.3. The van der Waals surface area contributed by atoms with Crippen molar-refractivity contribution in [3.8, 4) is 0 Å². The molecule has 1 heterocycles. The van der Waals surface area contributed by atoms with Gasteiger partial charge in [0.1, 0.15) is 11.5 Å². The molecule has 0 spiro atoms. The van der Waals surface area contributed by atoms with Crippen molar-refractivity contribution >= 4 is 5.82 Å². The predicted octanol–water partition coefficient (Wildman–Crippen LogP) is 1.92. The summed E-state index contributed by atoms with van der Waals surface area (Å²) in [5.41, 5.74) is 5.02. The van der Waals surface area contributed by atoms with Gasteiger partial charge in [0.25, 0.3) is 5.92 Å². The second kappa shape index (κ2) is 5.02. The number of unbranched alkanes of at least 4 members (excludes halogenated alkanes) is 1. The van der Waals surface area contributed by atoms with Crippen LogP contribution in [-0.2, 0) is 5.92 Å². The zero-order valence-electron chi connectivity index (χ0n) is 8.29. The van der Waals surface area contributed by atoms with Crippen molar-refractivity contribution in [3.05, 3.63) is 23.9 Å². The van der Waals surface area contributed by atoms with Crippen LogP contribution < -0.4 is 5.73 Å². The number of aromatic nitrogens is 1.